The SMILES string of the molecule is Nc1nc(-c2ccccc2)cs1.[CH3-].[Rb+]. The summed E-state index contributed by atoms with van der Waals surface area (Å²) >= 11 is 1.47. The van der Waals surface area contributed by atoms with Crippen molar-refractivity contribution in [2.45, 2.75) is 0 Å². The molecule has 1 aromatic carbocycles. The van der Waals surface area contributed by atoms with Crippen LogP contribution in [0.2, 0.25) is 0 Å². The molecule has 0 radical (unpaired) electrons. The van der Waals surface area contributed by atoms with Crippen LogP contribution in [-0.4, -0.2) is 4.98 Å². The van der Waals surface area contributed by atoms with Gasteiger partial charge >= 0.3 is 58.2 Å². The van der Waals surface area contributed by atoms with E-state index >= 15 is 0 Å². The van der Waals surface area contributed by atoms with E-state index in [4.69, 9.17) is 5.73 Å². The van der Waals surface area contributed by atoms with Crippen LogP contribution in [0, 0.1) is 7.43 Å². The van der Waals surface area contributed by atoms with E-state index in [0.717, 1.165) is 11.3 Å². The summed E-state index contributed by atoms with van der Waals surface area (Å²) in [6.45, 7) is 0. The van der Waals surface area contributed by atoms with Crippen molar-refractivity contribution in [1.82, 2.24) is 4.98 Å². The van der Waals surface area contributed by atoms with Crippen molar-refractivity contribution in [3.63, 3.8) is 0 Å². The molecule has 2 aromatic rings. The largest absolute Gasteiger partial charge is 1.00 e. The van der Waals surface area contributed by atoms with E-state index < -0.39 is 0 Å². The number of anilines is 1. The molecule has 1 aromatic heterocycles. The zero-order valence-corrected chi connectivity index (χ0v) is 14.1. The van der Waals surface area contributed by atoms with Crippen LogP contribution < -0.4 is 63.9 Å². The molecule has 2 nitrogen and oxygen atoms in total. The van der Waals surface area contributed by atoms with Gasteiger partial charge in [-0.2, -0.15) is 0 Å². The molecule has 0 atom stereocenters. The molecular weight excluding hydrogens is 266 g/mol. The van der Waals surface area contributed by atoms with E-state index in [0.29, 0.717) is 5.13 Å². The fraction of sp³-hybridized carbons (Fsp3) is 0. The van der Waals surface area contributed by atoms with Crippen LogP contribution in [-0.2, 0) is 0 Å². The van der Waals surface area contributed by atoms with Gasteiger partial charge in [-0.3, -0.25) is 0 Å². The summed E-state index contributed by atoms with van der Waals surface area (Å²) in [6, 6.07) is 10.0. The number of nitrogens with zero attached hydrogens (tertiary/aromatic N) is 1. The molecule has 0 saturated carbocycles. The van der Waals surface area contributed by atoms with Gasteiger partial charge in [0.25, 0.3) is 0 Å². The molecule has 2 rings (SSSR count). The fourth-order valence-electron chi connectivity index (χ4n) is 1.03. The van der Waals surface area contributed by atoms with Crippen molar-refractivity contribution in [3.8, 4) is 11.3 Å². The van der Waals surface area contributed by atoms with Gasteiger partial charge in [-0.25, -0.2) is 4.98 Å². The number of rotatable bonds is 1. The minimum Gasteiger partial charge on any atom is -0.375 e. The Morgan fingerprint density at radius 2 is 1.79 bits per heavy atom. The molecule has 2 N–H and O–H groups in total. The second-order valence-electron chi connectivity index (χ2n) is 2.44. The van der Waals surface area contributed by atoms with Gasteiger partial charge in [0, 0.05) is 10.9 Å². The standard InChI is InChI=1S/C9H8N2S.CH3.Rb/c10-9-11-8(6-12-9)7-4-2-1-3-5-7;;/h1-6H,(H2,10,11);1H3;/q;-1;+1. The second kappa shape index (κ2) is 6.85. The van der Waals surface area contributed by atoms with E-state index in [9.17, 15) is 0 Å². The summed E-state index contributed by atoms with van der Waals surface area (Å²) in [5.74, 6) is 0. The Morgan fingerprint density at radius 3 is 2.29 bits per heavy atom. The summed E-state index contributed by atoms with van der Waals surface area (Å²) in [5.41, 5.74) is 7.60. The molecule has 0 amide bonds. The van der Waals surface area contributed by atoms with Gasteiger partial charge < -0.3 is 13.2 Å². The number of hydrogen-bond donors (Lipinski definition) is 1. The zero-order chi connectivity index (χ0) is 8.39. The molecule has 0 bridgehead atoms. The van der Waals surface area contributed by atoms with Crippen LogP contribution in [0.5, 0.6) is 0 Å². The first-order valence-corrected chi connectivity index (χ1v) is 4.50. The van der Waals surface area contributed by atoms with Crippen molar-refractivity contribution in [2.75, 3.05) is 5.73 Å². The minimum absolute atomic E-state index is 0. The third kappa shape index (κ3) is 3.55. The fourth-order valence-corrected chi connectivity index (χ4v) is 1.60. The Morgan fingerprint density at radius 1 is 1.14 bits per heavy atom. The molecule has 0 fully saturated rings. The summed E-state index contributed by atoms with van der Waals surface area (Å²) in [6.07, 6.45) is 0. The van der Waals surface area contributed by atoms with Crippen LogP contribution in [0.3, 0.4) is 0 Å². The number of hydrogen-bond acceptors (Lipinski definition) is 3. The van der Waals surface area contributed by atoms with Gasteiger partial charge in [0.1, 0.15) is 0 Å². The van der Waals surface area contributed by atoms with Gasteiger partial charge in [0.05, 0.1) is 5.69 Å². The molecule has 0 aliphatic rings. The molecule has 0 aliphatic heterocycles. The van der Waals surface area contributed by atoms with Crippen LogP contribution >= 0.6 is 11.3 Å². The van der Waals surface area contributed by atoms with Gasteiger partial charge in [0.15, 0.2) is 5.13 Å². The van der Waals surface area contributed by atoms with Gasteiger partial charge in [-0.1, -0.05) is 30.3 Å². The van der Waals surface area contributed by atoms with E-state index in [2.05, 4.69) is 4.98 Å². The van der Waals surface area contributed by atoms with Gasteiger partial charge in [-0.05, 0) is 0 Å². The van der Waals surface area contributed by atoms with Gasteiger partial charge in [0.2, 0.25) is 0 Å². The van der Waals surface area contributed by atoms with E-state index in [1.165, 1.54) is 11.3 Å². The molecular formula is C10H11N2RbS. The Labute approximate surface area is 137 Å². The van der Waals surface area contributed by atoms with Gasteiger partial charge in [-0.15, -0.1) is 11.3 Å². The maximum absolute atomic E-state index is 5.52. The third-order valence-corrected chi connectivity index (χ3v) is 2.27. The molecule has 4 heteroatoms. The van der Waals surface area contributed by atoms with E-state index in [1.807, 2.05) is 35.7 Å². The number of nitrogens with two attached hydrogens (primary N) is 1. The first kappa shape index (κ1) is 14.5. The van der Waals surface area contributed by atoms with Crippen LogP contribution in [0.25, 0.3) is 11.3 Å². The van der Waals surface area contributed by atoms with Crippen LogP contribution in [0.1, 0.15) is 0 Å². The maximum atomic E-state index is 5.52. The Bertz CT molecular complexity index is 373. The van der Waals surface area contributed by atoms with Crippen molar-refractivity contribution in [2.24, 2.45) is 0 Å². The topological polar surface area (TPSA) is 38.9 Å². The quantitative estimate of drug-likeness (QED) is 0.736. The van der Waals surface area contributed by atoms with Crippen LogP contribution in [0.15, 0.2) is 35.7 Å². The summed E-state index contributed by atoms with van der Waals surface area (Å²) in [5, 5.41) is 2.58. The van der Waals surface area contributed by atoms with Crippen molar-refractivity contribution < 1.29 is 58.2 Å². The van der Waals surface area contributed by atoms with Crippen molar-refractivity contribution >= 4 is 16.5 Å². The molecule has 1 heterocycles. The maximum Gasteiger partial charge on any atom is 1.00 e. The second-order valence-corrected chi connectivity index (χ2v) is 3.33. The smallest absolute Gasteiger partial charge is 0.375 e. The Kier molecular flexibility index (Phi) is 7.07. The monoisotopic (exact) mass is 276 g/mol. The molecule has 14 heavy (non-hydrogen) atoms. The number of benzene rings is 1. The van der Waals surface area contributed by atoms with Crippen molar-refractivity contribution in [3.05, 3.63) is 43.1 Å². The molecule has 0 unspecified atom stereocenters. The van der Waals surface area contributed by atoms with E-state index in [-0.39, 0.29) is 65.6 Å². The zero-order valence-electron chi connectivity index (χ0n) is 8.40. The van der Waals surface area contributed by atoms with Crippen molar-refractivity contribution in [1.29, 1.82) is 0 Å². The molecule has 0 aliphatic carbocycles. The Hall–Kier alpha value is 0.455. The number of thiazole rings is 1. The normalized spacial score (nSPS) is 8.57. The average Bonchev–Trinajstić information content (AvgIpc) is 2.54. The molecule has 0 saturated heterocycles. The minimum atomic E-state index is 0. The average molecular weight is 277 g/mol. The third-order valence-electron chi connectivity index (χ3n) is 1.59. The van der Waals surface area contributed by atoms with Crippen LogP contribution in [0.4, 0.5) is 5.13 Å². The summed E-state index contributed by atoms with van der Waals surface area (Å²) < 4.78 is 0. The molecule has 0 spiro atoms. The summed E-state index contributed by atoms with van der Waals surface area (Å²) in [4.78, 5) is 4.18. The van der Waals surface area contributed by atoms with E-state index in [1.54, 1.807) is 0 Å². The predicted molar refractivity (Wildman–Crippen MR) is 58.4 cm³/mol. The molecule has 68 valence electrons. The first-order valence-electron chi connectivity index (χ1n) is 3.63. The number of nitrogen functional groups attached to an aromatic ring is 1. The number of aromatic nitrogens is 1. The first-order chi connectivity index (χ1) is 5.86. The summed E-state index contributed by atoms with van der Waals surface area (Å²) in [7, 11) is 0. The Balaban J connectivity index is 0.000000845. The predicted octanol–water partition coefficient (Wildman–Crippen LogP) is -0.153.